The average Bonchev–Trinajstić information content (AvgIpc) is 2.34. The van der Waals surface area contributed by atoms with Crippen LogP contribution in [0, 0.1) is 0 Å². The summed E-state index contributed by atoms with van der Waals surface area (Å²) < 4.78 is 24.2. The molecule has 0 aromatic heterocycles. The SMILES string of the molecule is NCCCCC(C(=O)O)S(=O)(=O)Cc1ccccc1. The summed E-state index contributed by atoms with van der Waals surface area (Å²) in [7, 11) is -3.70. The Hall–Kier alpha value is -1.40. The van der Waals surface area contributed by atoms with Gasteiger partial charge in [-0.05, 0) is 24.9 Å². The molecule has 1 aromatic carbocycles. The first-order chi connectivity index (χ1) is 8.97. The Morgan fingerprint density at radius 1 is 1.21 bits per heavy atom. The van der Waals surface area contributed by atoms with Gasteiger partial charge in [0, 0.05) is 0 Å². The van der Waals surface area contributed by atoms with Gasteiger partial charge >= 0.3 is 5.97 Å². The van der Waals surface area contributed by atoms with E-state index in [1.54, 1.807) is 30.3 Å². The van der Waals surface area contributed by atoms with Crippen LogP contribution in [0.25, 0.3) is 0 Å². The molecule has 0 aliphatic heterocycles. The van der Waals surface area contributed by atoms with Crippen molar-refractivity contribution < 1.29 is 18.3 Å². The topological polar surface area (TPSA) is 97.5 Å². The van der Waals surface area contributed by atoms with Gasteiger partial charge in [-0.25, -0.2) is 8.42 Å². The Labute approximate surface area is 113 Å². The van der Waals surface area contributed by atoms with Crippen LogP contribution in [0.3, 0.4) is 0 Å². The second-order valence-electron chi connectivity index (χ2n) is 4.40. The highest BCUT2D eigenvalue weighted by Gasteiger charge is 2.31. The van der Waals surface area contributed by atoms with Crippen molar-refractivity contribution in [1.29, 1.82) is 0 Å². The molecule has 3 N–H and O–H groups in total. The van der Waals surface area contributed by atoms with E-state index < -0.39 is 21.1 Å². The van der Waals surface area contributed by atoms with Gasteiger partial charge in [0.1, 0.15) is 0 Å². The number of hydrogen-bond donors (Lipinski definition) is 2. The first-order valence-corrected chi connectivity index (χ1v) is 7.87. The molecule has 0 heterocycles. The van der Waals surface area contributed by atoms with Crippen LogP contribution in [0.5, 0.6) is 0 Å². The van der Waals surface area contributed by atoms with Crippen molar-refractivity contribution in [2.75, 3.05) is 6.54 Å². The van der Waals surface area contributed by atoms with Crippen molar-refractivity contribution in [3.05, 3.63) is 35.9 Å². The van der Waals surface area contributed by atoms with Crippen molar-refractivity contribution >= 4 is 15.8 Å². The third kappa shape index (κ3) is 5.00. The van der Waals surface area contributed by atoms with Crippen molar-refractivity contribution in [2.24, 2.45) is 5.73 Å². The fraction of sp³-hybridized carbons (Fsp3) is 0.462. The average molecular weight is 285 g/mol. The largest absolute Gasteiger partial charge is 0.480 e. The fourth-order valence-electron chi connectivity index (χ4n) is 1.84. The van der Waals surface area contributed by atoms with Gasteiger partial charge in [0.2, 0.25) is 0 Å². The highest BCUT2D eigenvalue weighted by atomic mass is 32.2. The Morgan fingerprint density at radius 3 is 2.37 bits per heavy atom. The van der Waals surface area contributed by atoms with Crippen LogP contribution in [0.4, 0.5) is 0 Å². The minimum atomic E-state index is -3.70. The number of unbranched alkanes of at least 4 members (excludes halogenated alkanes) is 1. The zero-order chi connectivity index (χ0) is 14.3. The van der Waals surface area contributed by atoms with Crippen molar-refractivity contribution in [3.63, 3.8) is 0 Å². The molecular formula is C13H19NO4S. The molecule has 0 bridgehead atoms. The molecule has 0 aliphatic rings. The van der Waals surface area contributed by atoms with Crippen molar-refractivity contribution in [1.82, 2.24) is 0 Å². The van der Waals surface area contributed by atoms with Crippen LogP contribution >= 0.6 is 0 Å². The highest BCUT2D eigenvalue weighted by molar-refractivity contribution is 7.92. The number of nitrogens with two attached hydrogens (primary N) is 1. The second-order valence-corrected chi connectivity index (χ2v) is 6.59. The molecule has 5 nitrogen and oxygen atoms in total. The van der Waals surface area contributed by atoms with Crippen LogP contribution in [-0.2, 0) is 20.4 Å². The smallest absolute Gasteiger partial charge is 0.321 e. The van der Waals surface area contributed by atoms with Crippen molar-refractivity contribution in [3.8, 4) is 0 Å². The van der Waals surface area contributed by atoms with E-state index in [0.717, 1.165) is 0 Å². The third-order valence-electron chi connectivity index (χ3n) is 2.84. The first-order valence-electron chi connectivity index (χ1n) is 6.15. The van der Waals surface area contributed by atoms with Gasteiger partial charge in [0.15, 0.2) is 15.1 Å². The molecule has 1 aromatic rings. The van der Waals surface area contributed by atoms with Crippen molar-refractivity contribution in [2.45, 2.75) is 30.3 Å². The van der Waals surface area contributed by atoms with Gasteiger partial charge in [0.05, 0.1) is 5.75 Å². The quantitative estimate of drug-likeness (QED) is 0.699. The monoisotopic (exact) mass is 285 g/mol. The Bertz CT molecular complexity index is 499. The predicted molar refractivity (Wildman–Crippen MR) is 73.4 cm³/mol. The summed E-state index contributed by atoms with van der Waals surface area (Å²) in [5, 5.41) is 7.73. The van der Waals surface area contributed by atoms with Crippen LogP contribution < -0.4 is 5.73 Å². The van der Waals surface area contributed by atoms with Gasteiger partial charge in [-0.2, -0.15) is 0 Å². The molecule has 1 atom stereocenters. The molecule has 6 heteroatoms. The summed E-state index contributed by atoms with van der Waals surface area (Å²) in [6.07, 6.45) is 1.24. The van der Waals surface area contributed by atoms with E-state index in [4.69, 9.17) is 10.8 Å². The van der Waals surface area contributed by atoms with E-state index in [1.165, 1.54) is 0 Å². The molecule has 1 rings (SSSR count). The molecule has 1 unspecified atom stereocenters. The Balaban J connectivity index is 2.79. The lowest BCUT2D eigenvalue weighted by molar-refractivity contribution is -0.136. The number of carbonyl (C=O) groups is 1. The van der Waals surface area contributed by atoms with Gasteiger partial charge in [-0.15, -0.1) is 0 Å². The number of carboxylic acid groups (broad SMARTS) is 1. The first kappa shape index (κ1) is 15.7. The number of rotatable bonds is 8. The van der Waals surface area contributed by atoms with E-state index in [2.05, 4.69) is 0 Å². The van der Waals surface area contributed by atoms with E-state index in [-0.39, 0.29) is 12.2 Å². The van der Waals surface area contributed by atoms with Crippen LogP contribution in [0.15, 0.2) is 30.3 Å². The second kappa shape index (κ2) is 7.25. The number of carboxylic acids is 1. The number of aliphatic carboxylic acids is 1. The summed E-state index contributed by atoms with van der Waals surface area (Å²) in [4.78, 5) is 11.1. The predicted octanol–water partition coefficient (Wildman–Crippen LogP) is 1.18. The highest BCUT2D eigenvalue weighted by Crippen LogP contribution is 2.16. The van der Waals surface area contributed by atoms with E-state index in [1.807, 2.05) is 0 Å². The summed E-state index contributed by atoms with van der Waals surface area (Å²) in [6, 6.07) is 8.60. The van der Waals surface area contributed by atoms with E-state index in [0.29, 0.717) is 24.9 Å². The van der Waals surface area contributed by atoms with Gasteiger partial charge < -0.3 is 10.8 Å². The number of benzene rings is 1. The zero-order valence-corrected chi connectivity index (χ0v) is 11.5. The summed E-state index contributed by atoms with van der Waals surface area (Å²) in [6.45, 7) is 0.436. The summed E-state index contributed by atoms with van der Waals surface area (Å²) in [5.41, 5.74) is 5.93. The molecule has 106 valence electrons. The number of sulfone groups is 1. The zero-order valence-electron chi connectivity index (χ0n) is 10.7. The van der Waals surface area contributed by atoms with E-state index in [9.17, 15) is 13.2 Å². The normalized spacial score (nSPS) is 13.1. The molecule has 0 aliphatic carbocycles. The molecule has 0 amide bonds. The summed E-state index contributed by atoms with van der Waals surface area (Å²) >= 11 is 0. The number of hydrogen-bond acceptors (Lipinski definition) is 4. The molecule has 19 heavy (non-hydrogen) atoms. The maximum absolute atomic E-state index is 12.1. The molecule has 0 spiro atoms. The van der Waals surface area contributed by atoms with Crippen LogP contribution in [0.1, 0.15) is 24.8 Å². The summed E-state index contributed by atoms with van der Waals surface area (Å²) in [5.74, 6) is -1.53. The van der Waals surface area contributed by atoms with Crippen LogP contribution in [-0.4, -0.2) is 31.3 Å². The third-order valence-corrected chi connectivity index (χ3v) is 4.88. The lowest BCUT2D eigenvalue weighted by Gasteiger charge is -2.13. The van der Waals surface area contributed by atoms with Gasteiger partial charge in [-0.3, -0.25) is 4.79 Å². The fourth-order valence-corrected chi connectivity index (χ4v) is 3.53. The Morgan fingerprint density at radius 2 is 1.84 bits per heavy atom. The molecule has 0 fully saturated rings. The maximum atomic E-state index is 12.1. The lowest BCUT2D eigenvalue weighted by Crippen LogP contribution is -2.31. The standard InChI is InChI=1S/C13H19NO4S/c14-9-5-4-8-12(13(15)16)19(17,18)10-11-6-2-1-3-7-11/h1-3,6-7,12H,4-5,8-10,14H2,(H,15,16). The molecule has 0 radical (unpaired) electrons. The van der Waals surface area contributed by atoms with Gasteiger partial charge in [-0.1, -0.05) is 36.8 Å². The molecule has 0 saturated heterocycles. The molecular weight excluding hydrogens is 266 g/mol. The minimum Gasteiger partial charge on any atom is -0.480 e. The minimum absolute atomic E-state index is 0.113. The van der Waals surface area contributed by atoms with E-state index >= 15 is 0 Å². The lowest BCUT2D eigenvalue weighted by atomic mass is 10.2. The van der Waals surface area contributed by atoms with Crippen LogP contribution in [0.2, 0.25) is 0 Å². The Kier molecular flexibility index (Phi) is 5.98. The molecule has 0 saturated carbocycles. The maximum Gasteiger partial charge on any atom is 0.321 e. The van der Waals surface area contributed by atoms with Gasteiger partial charge in [0.25, 0.3) is 0 Å².